The van der Waals surface area contributed by atoms with Gasteiger partial charge in [-0.3, -0.25) is 14.5 Å². The number of nitrogens with one attached hydrogen (secondary N) is 1. The lowest BCUT2D eigenvalue weighted by Gasteiger charge is -2.31. The first-order valence-electron chi connectivity index (χ1n) is 11.4. The summed E-state index contributed by atoms with van der Waals surface area (Å²) >= 11 is 1.72. The molecule has 1 atom stereocenters. The summed E-state index contributed by atoms with van der Waals surface area (Å²) in [6.07, 6.45) is 2.89. The number of piperidine rings is 1. The summed E-state index contributed by atoms with van der Waals surface area (Å²) in [5.74, 6) is -0.149. The highest BCUT2D eigenvalue weighted by atomic mass is 32.1. The van der Waals surface area contributed by atoms with E-state index in [0.717, 1.165) is 33.8 Å². The van der Waals surface area contributed by atoms with Crippen LogP contribution >= 0.6 is 11.3 Å². The van der Waals surface area contributed by atoms with Crippen LogP contribution in [-0.2, 0) is 16.0 Å². The van der Waals surface area contributed by atoms with Crippen LogP contribution in [0.5, 0.6) is 0 Å². The predicted molar refractivity (Wildman–Crippen MR) is 127 cm³/mol. The Morgan fingerprint density at radius 3 is 2.52 bits per heavy atom. The zero-order chi connectivity index (χ0) is 22.8. The summed E-state index contributed by atoms with van der Waals surface area (Å²) in [5, 5.41) is 3.86. The number of nitrogens with zero attached hydrogens (tertiary/aromatic N) is 3. The highest BCUT2D eigenvalue weighted by Crippen LogP contribution is 2.33. The van der Waals surface area contributed by atoms with Crippen LogP contribution in [0, 0.1) is 0 Å². The molecule has 4 amide bonds. The standard InChI is InChI=1S/C25H26N4O3S/c30-22(16-29-24(31)20(27-25(29)32)11-10-17-6-2-1-3-7-17)28-14-12-18(13-15-28)23-26-19-8-4-5-9-21(19)33-23/h1-9,18,20H,10-16H2,(H,27,32). The van der Waals surface area contributed by atoms with Crippen molar-refractivity contribution in [3.8, 4) is 0 Å². The first kappa shape index (κ1) is 21.6. The number of imide groups is 1. The number of urea groups is 1. The van der Waals surface area contributed by atoms with E-state index < -0.39 is 12.1 Å². The van der Waals surface area contributed by atoms with Crippen LogP contribution in [0.2, 0.25) is 0 Å². The van der Waals surface area contributed by atoms with Crippen molar-refractivity contribution in [1.82, 2.24) is 20.1 Å². The first-order valence-corrected chi connectivity index (χ1v) is 12.2. The molecule has 2 fully saturated rings. The second-order valence-corrected chi connectivity index (χ2v) is 9.69. The van der Waals surface area contributed by atoms with E-state index in [1.165, 1.54) is 4.70 Å². The molecule has 33 heavy (non-hydrogen) atoms. The van der Waals surface area contributed by atoms with Gasteiger partial charge in [-0.05, 0) is 43.4 Å². The second-order valence-electron chi connectivity index (χ2n) is 8.63. The molecular weight excluding hydrogens is 436 g/mol. The second kappa shape index (κ2) is 9.31. The topological polar surface area (TPSA) is 82.6 Å². The lowest BCUT2D eigenvalue weighted by Crippen LogP contribution is -2.45. The van der Waals surface area contributed by atoms with Gasteiger partial charge in [-0.15, -0.1) is 11.3 Å². The van der Waals surface area contributed by atoms with E-state index in [9.17, 15) is 14.4 Å². The van der Waals surface area contributed by atoms with Gasteiger partial charge in [-0.25, -0.2) is 9.78 Å². The molecule has 7 nitrogen and oxygen atoms in total. The van der Waals surface area contributed by atoms with Crippen LogP contribution in [0.1, 0.15) is 35.8 Å². The molecular formula is C25H26N4O3S. The summed E-state index contributed by atoms with van der Waals surface area (Å²) in [5.41, 5.74) is 2.14. The number of carbonyl (C=O) groups excluding carboxylic acids is 3. The summed E-state index contributed by atoms with van der Waals surface area (Å²) in [7, 11) is 0. The van der Waals surface area contributed by atoms with E-state index in [1.807, 2.05) is 48.5 Å². The van der Waals surface area contributed by atoms with E-state index in [1.54, 1.807) is 16.2 Å². The van der Waals surface area contributed by atoms with E-state index in [0.29, 0.717) is 31.8 Å². The largest absolute Gasteiger partial charge is 0.341 e. The fraction of sp³-hybridized carbons (Fsp3) is 0.360. The lowest BCUT2D eigenvalue weighted by atomic mass is 9.97. The number of para-hydroxylation sites is 1. The Kier molecular flexibility index (Phi) is 6.09. The van der Waals surface area contributed by atoms with Crippen molar-refractivity contribution in [1.29, 1.82) is 0 Å². The number of hydrogen-bond acceptors (Lipinski definition) is 5. The molecule has 2 aliphatic rings. The Bertz CT molecular complexity index is 1140. The van der Waals surface area contributed by atoms with E-state index in [-0.39, 0.29) is 18.4 Å². The maximum absolute atomic E-state index is 12.9. The van der Waals surface area contributed by atoms with Gasteiger partial charge in [0.05, 0.1) is 15.2 Å². The molecule has 3 aromatic rings. The number of amides is 4. The minimum atomic E-state index is -0.574. The van der Waals surface area contributed by atoms with Gasteiger partial charge in [0.15, 0.2) is 0 Å². The molecule has 2 saturated heterocycles. The zero-order valence-electron chi connectivity index (χ0n) is 18.3. The van der Waals surface area contributed by atoms with Crippen molar-refractivity contribution in [2.45, 2.75) is 37.6 Å². The van der Waals surface area contributed by atoms with Crippen molar-refractivity contribution in [2.75, 3.05) is 19.6 Å². The number of likely N-dealkylation sites (tertiary alicyclic amines) is 1. The van der Waals surface area contributed by atoms with Gasteiger partial charge in [-0.2, -0.15) is 0 Å². The smallest absolute Gasteiger partial charge is 0.325 e. The SMILES string of the molecule is O=C(CN1C(=O)NC(CCc2ccccc2)C1=O)N1CCC(c2nc3ccccc3s2)CC1. The predicted octanol–water partition coefficient (Wildman–Crippen LogP) is 3.56. The van der Waals surface area contributed by atoms with Crippen molar-refractivity contribution < 1.29 is 14.4 Å². The maximum atomic E-state index is 12.9. The van der Waals surface area contributed by atoms with Gasteiger partial charge >= 0.3 is 6.03 Å². The van der Waals surface area contributed by atoms with Crippen LogP contribution in [0.25, 0.3) is 10.2 Å². The number of aromatic nitrogens is 1. The molecule has 1 N–H and O–H groups in total. The van der Waals surface area contributed by atoms with Crippen molar-refractivity contribution in [2.24, 2.45) is 0 Å². The van der Waals surface area contributed by atoms with Crippen LogP contribution in [-0.4, -0.2) is 58.3 Å². The minimum Gasteiger partial charge on any atom is -0.341 e. The number of carbonyl (C=O) groups is 3. The quantitative estimate of drug-likeness (QED) is 0.568. The molecule has 1 unspecified atom stereocenters. The van der Waals surface area contributed by atoms with E-state index >= 15 is 0 Å². The van der Waals surface area contributed by atoms with Gasteiger partial charge < -0.3 is 10.2 Å². The molecule has 0 spiro atoms. The van der Waals surface area contributed by atoms with Crippen LogP contribution < -0.4 is 5.32 Å². The summed E-state index contributed by atoms with van der Waals surface area (Å²) in [4.78, 5) is 45.6. The Balaban J connectivity index is 1.14. The van der Waals surface area contributed by atoms with Crippen LogP contribution in [0.3, 0.4) is 0 Å². The fourth-order valence-corrected chi connectivity index (χ4v) is 5.69. The van der Waals surface area contributed by atoms with Gasteiger partial charge in [0.25, 0.3) is 5.91 Å². The average Bonchev–Trinajstić information content (AvgIpc) is 3.40. The molecule has 0 saturated carbocycles. The molecule has 170 valence electrons. The van der Waals surface area contributed by atoms with E-state index in [2.05, 4.69) is 11.4 Å². The average molecular weight is 463 g/mol. The number of fused-ring (bicyclic) bond motifs is 1. The highest BCUT2D eigenvalue weighted by Gasteiger charge is 2.39. The van der Waals surface area contributed by atoms with Crippen molar-refractivity contribution in [3.05, 3.63) is 65.2 Å². The summed E-state index contributed by atoms with van der Waals surface area (Å²) < 4.78 is 1.19. The van der Waals surface area contributed by atoms with E-state index in [4.69, 9.17) is 4.98 Å². The lowest BCUT2D eigenvalue weighted by molar-refractivity contribution is -0.138. The van der Waals surface area contributed by atoms with Crippen LogP contribution in [0.15, 0.2) is 54.6 Å². The molecule has 3 heterocycles. The monoisotopic (exact) mass is 462 g/mol. The summed E-state index contributed by atoms with van der Waals surface area (Å²) in [6, 6.07) is 16.9. The third kappa shape index (κ3) is 4.61. The number of rotatable bonds is 6. The Morgan fingerprint density at radius 1 is 1.03 bits per heavy atom. The molecule has 0 radical (unpaired) electrons. The minimum absolute atomic E-state index is 0.176. The van der Waals surface area contributed by atoms with Crippen LogP contribution in [0.4, 0.5) is 4.79 Å². The highest BCUT2D eigenvalue weighted by molar-refractivity contribution is 7.18. The molecule has 2 aliphatic heterocycles. The number of benzene rings is 2. The molecule has 5 rings (SSSR count). The Hall–Kier alpha value is -3.26. The Morgan fingerprint density at radius 2 is 1.76 bits per heavy atom. The molecule has 8 heteroatoms. The first-order chi connectivity index (χ1) is 16.1. The number of thiazole rings is 1. The zero-order valence-corrected chi connectivity index (χ0v) is 19.1. The molecule has 2 aromatic carbocycles. The summed E-state index contributed by atoms with van der Waals surface area (Å²) in [6.45, 7) is 1.03. The maximum Gasteiger partial charge on any atom is 0.325 e. The molecule has 0 aliphatic carbocycles. The van der Waals surface area contributed by atoms with Crippen molar-refractivity contribution >= 4 is 39.4 Å². The van der Waals surface area contributed by atoms with Gasteiger partial charge in [0.1, 0.15) is 12.6 Å². The number of aryl methyl sites for hydroxylation is 1. The number of hydrogen-bond donors (Lipinski definition) is 1. The van der Waals surface area contributed by atoms with Gasteiger partial charge in [0.2, 0.25) is 5.91 Å². The third-order valence-electron chi connectivity index (χ3n) is 6.47. The van der Waals surface area contributed by atoms with Crippen molar-refractivity contribution in [3.63, 3.8) is 0 Å². The normalized spacial score (nSPS) is 19.3. The van der Waals surface area contributed by atoms with Gasteiger partial charge in [-0.1, -0.05) is 42.5 Å². The third-order valence-corrected chi connectivity index (χ3v) is 7.67. The van der Waals surface area contributed by atoms with Gasteiger partial charge in [0, 0.05) is 19.0 Å². The fourth-order valence-electron chi connectivity index (χ4n) is 4.55. The Labute approximate surface area is 196 Å². The molecule has 0 bridgehead atoms. The molecule has 1 aromatic heterocycles.